The summed E-state index contributed by atoms with van der Waals surface area (Å²) in [5.74, 6) is -2.17. The number of fused-ring (bicyclic) bond motifs is 1. The van der Waals surface area contributed by atoms with Gasteiger partial charge in [-0.25, -0.2) is 5.48 Å². The highest BCUT2D eigenvalue weighted by molar-refractivity contribution is 5.98. The van der Waals surface area contributed by atoms with Crippen LogP contribution in [0.15, 0.2) is 60.7 Å². The normalized spacial score (nSPS) is 23.1. The van der Waals surface area contributed by atoms with Crippen LogP contribution in [0.2, 0.25) is 0 Å². The van der Waals surface area contributed by atoms with E-state index in [1.54, 1.807) is 5.48 Å². The van der Waals surface area contributed by atoms with Gasteiger partial charge in [0.05, 0.1) is 0 Å². The van der Waals surface area contributed by atoms with Gasteiger partial charge < -0.3 is 20.9 Å². The Kier molecular flexibility index (Phi) is 11.0. The number of amides is 5. The molecule has 0 spiro atoms. The number of rotatable bonds is 10. The summed E-state index contributed by atoms with van der Waals surface area (Å²) in [5, 5.41) is 17.3. The predicted octanol–water partition coefficient (Wildman–Crippen LogP) is 1.39. The molecular weight excluding hydrogens is 538 g/mol. The fourth-order valence-electron chi connectivity index (χ4n) is 5.56. The lowest BCUT2D eigenvalue weighted by Gasteiger charge is -2.32. The zero-order valence-electron chi connectivity index (χ0n) is 23.6. The molecule has 2 aliphatic rings. The molecular formula is C31H39N5O6. The molecule has 5 amide bonds. The average molecular weight is 578 g/mol. The van der Waals surface area contributed by atoms with Crippen LogP contribution < -0.4 is 21.4 Å². The molecule has 0 aliphatic carbocycles. The van der Waals surface area contributed by atoms with Crippen molar-refractivity contribution in [2.45, 2.75) is 82.0 Å². The van der Waals surface area contributed by atoms with Gasteiger partial charge in [-0.1, -0.05) is 73.5 Å². The number of nitrogens with zero attached hydrogens (tertiary/aromatic N) is 1. The summed E-state index contributed by atoms with van der Waals surface area (Å²) in [6.07, 6.45) is 3.60. The zero-order chi connectivity index (χ0) is 29.9. The van der Waals surface area contributed by atoms with E-state index in [-0.39, 0.29) is 31.6 Å². The molecule has 4 atom stereocenters. The van der Waals surface area contributed by atoms with Gasteiger partial charge in [0.1, 0.15) is 24.2 Å². The molecule has 2 saturated heterocycles. The monoisotopic (exact) mass is 577 g/mol. The van der Waals surface area contributed by atoms with E-state index in [9.17, 15) is 24.0 Å². The Hall–Kier alpha value is -4.25. The Morgan fingerprint density at radius 1 is 0.762 bits per heavy atom. The first-order valence-corrected chi connectivity index (χ1v) is 14.6. The van der Waals surface area contributed by atoms with Crippen LogP contribution in [-0.2, 0) is 36.8 Å². The maximum atomic E-state index is 13.9. The first-order chi connectivity index (χ1) is 20.4. The van der Waals surface area contributed by atoms with Gasteiger partial charge in [-0.2, -0.15) is 0 Å². The van der Waals surface area contributed by atoms with Crippen molar-refractivity contribution >= 4 is 29.5 Å². The third kappa shape index (κ3) is 8.39. The van der Waals surface area contributed by atoms with E-state index in [0.717, 1.165) is 11.1 Å². The summed E-state index contributed by atoms with van der Waals surface area (Å²) in [7, 11) is 0. The lowest BCUT2D eigenvalue weighted by molar-refractivity contribution is -0.143. The lowest BCUT2D eigenvalue weighted by atomic mass is 10.00. The van der Waals surface area contributed by atoms with Gasteiger partial charge in [0.15, 0.2) is 0 Å². The molecule has 11 nitrogen and oxygen atoms in total. The predicted molar refractivity (Wildman–Crippen MR) is 154 cm³/mol. The molecule has 2 aromatic carbocycles. The zero-order valence-corrected chi connectivity index (χ0v) is 23.6. The molecule has 42 heavy (non-hydrogen) atoms. The lowest BCUT2D eigenvalue weighted by Crippen LogP contribution is -2.61. The minimum Gasteiger partial charge on any atom is -0.343 e. The van der Waals surface area contributed by atoms with Gasteiger partial charge in [0.25, 0.3) is 0 Å². The maximum Gasteiger partial charge on any atom is 0.246 e. The second-order valence-corrected chi connectivity index (χ2v) is 10.9. The number of benzene rings is 2. The van der Waals surface area contributed by atoms with Crippen LogP contribution in [0.5, 0.6) is 0 Å². The number of hydrogen-bond acceptors (Lipinski definition) is 6. The van der Waals surface area contributed by atoms with Crippen LogP contribution in [0, 0.1) is 0 Å². The molecule has 0 saturated carbocycles. The summed E-state index contributed by atoms with van der Waals surface area (Å²) in [5.41, 5.74) is 3.29. The fraction of sp³-hybridized carbons (Fsp3) is 0.452. The van der Waals surface area contributed by atoms with Crippen molar-refractivity contribution in [2.75, 3.05) is 6.54 Å². The highest BCUT2D eigenvalue weighted by atomic mass is 16.5. The molecule has 2 heterocycles. The molecule has 0 unspecified atom stereocenters. The third-order valence-electron chi connectivity index (χ3n) is 7.81. The number of unbranched alkanes of at least 4 members (excludes halogenated alkanes) is 2. The van der Waals surface area contributed by atoms with Crippen molar-refractivity contribution in [1.29, 1.82) is 0 Å². The van der Waals surface area contributed by atoms with Gasteiger partial charge in [0.2, 0.25) is 29.5 Å². The molecule has 0 bridgehead atoms. The molecule has 224 valence electrons. The molecule has 0 radical (unpaired) electrons. The summed E-state index contributed by atoms with van der Waals surface area (Å²) >= 11 is 0. The van der Waals surface area contributed by atoms with Crippen LogP contribution in [0.25, 0.3) is 0 Å². The van der Waals surface area contributed by atoms with Gasteiger partial charge in [0, 0.05) is 25.8 Å². The van der Waals surface area contributed by atoms with E-state index < -0.39 is 47.8 Å². The minimum absolute atomic E-state index is 0.141. The molecule has 2 aliphatic heterocycles. The van der Waals surface area contributed by atoms with Crippen molar-refractivity contribution in [2.24, 2.45) is 0 Å². The Morgan fingerprint density at radius 3 is 1.98 bits per heavy atom. The van der Waals surface area contributed by atoms with Crippen molar-refractivity contribution < 1.29 is 29.2 Å². The van der Waals surface area contributed by atoms with Gasteiger partial charge in [-0.15, -0.1) is 0 Å². The van der Waals surface area contributed by atoms with Crippen molar-refractivity contribution in [1.82, 2.24) is 26.3 Å². The van der Waals surface area contributed by atoms with E-state index in [1.807, 2.05) is 60.7 Å². The highest BCUT2D eigenvalue weighted by Crippen LogP contribution is 2.21. The van der Waals surface area contributed by atoms with Crippen LogP contribution in [0.4, 0.5) is 0 Å². The number of nitrogens with one attached hydrogen (secondary N) is 4. The third-order valence-corrected chi connectivity index (χ3v) is 7.81. The Balaban J connectivity index is 1.59. The largest absolute Gasteiger partial charge is 0.343 e. The van der Waals surface area contributed by atoms with Crippen LogP contribution >= 0.6 is 0 Å². The first-order valence-electron chi connectivity index (χ1n) is 14.6. The average Bonchev–Trinajstić information content (AvgIpc) is 3.50. The molecule has 2 aromatic rings. The summed E-state index contributed by atoms with van der Waals surface area (Å²) in [6, 6.07) is 15.1. The van der Waals surface area contributed by atoms with Gasteiger partial charge in [-0.3, -0.25) is 29.2 Å². The van der Waals surface area contributed by atoms with E-state index >= 15 is 0 Å². The molecule has 11 heteroatoms. The van der Waals surface area contributed by atoms with E-state index in [4.69, 9.17) is 5.21 Å². The number of hydrogen-bond donors (Lipinski definition) is 5. The van der Waals surface area contributed by atoms with E-state index in [0.29, 0.717) is 38.6 Å². The Labute approximate surface area is 245 Å². The van der Waals surface area contributed by atoms with Crippen molar-refractivity contribution in [3.05, 3.63) is 71.8 Å². The summed E-state index contributed by atoms with van der Waals surface area (Å²) in [6.45, 7) is 0.384. The van der Waals surface area contributed by atoms with Crippen LogP contribution in [0.3, 0.4) is 0 Å². The quantitative estimate of drug-likeness (QED) is 0.163. The number of carbonyl (C=O) groups is 5. The topological polar surface area (TPSA) is 157 Å². The SMILES string of the molecule is O=C(CCCCC[C@H]1NC(=O)[C@H]2CCCN2C(=O)[C@H](Cc2ccccc2)NC(=O)[C@@H](Cc2ccccc2)NC1=O)NO. The molecule has 0 aromatic heterocycles. The highest BCUT2D eigenvalue weighted by Gasteiger charge is 2.40. The standard InChI is InChI=1S/C31H39N5O6/c37-27(35-42)17-9-3-8-15-23-28(38)33-24(19-21-11-4-1-5-12-21)29(39)34-25(20-22-13-6-2-7-14-22)31(41)36-18-10-16-26(36)30(40)32-23/h1-2,4-7,11-14,23-26,42H,3,8-10,15-20H2,(H,32,40)(H,33,38)(H,34,39)(H,35,37)/t23-,24-,25+,26-/m1/s1. The number of carbonyl (C=O) groups excluding carboxylic acids is 5. The Bertz CT molecular complexity index is 1240. The fourth-order valence-corrected chi connectivity index (χ4v) is 5.56. The minimum atomic E-state index is -0.979. The van der Waals surface area contributed by atoms with Gasteiger partial charge >= 0.3 is 0 Å². The molecule has 4 rings (SSSR count). The first kappa shape index (κ1) is 30.7. The maximum absolute atomic E-state index is 13.9. The van der Waals surface area contributed by atoms with E-state index in [1.165, 1.54) is 4.90 Å². The Morgan fingerprint density at radius 2 is 1.33 bits per heavy atom. The molecule has 2 fully saturated rings. The summed E-state index contributed by atoms with van der Waals surface area (Å²) < 4.78 is 0. The van der Waals surface area contributed by atoms with Crippen LogP contribution in [0.1, 0.15) is 56.1 Å². The van der Waals surface area contributed by atoms with Crippen molar-refractivity contribution in [3.8, 4) is 0 Å². The smallest absolute Gasteiger partial charge is 0.246 e. The summed E-state index contributed by atoms with van der Waals surface area (Å²) in [4.78, 5) is 67.5. The second kappa shape index (κ2) is 15.1. The molecule has 5 N–H and O–H groups in total. The van der Waals surface area contributed by atoms with Crippen LogP contribution in [-0.4, -0.2) is 70.4 Å². The number of hydroxylamine groups is 1. The van der Waals surface area contributed by atoms with Crippen molar-refractivity contribution in [3.63, 3.8) is 0 Å². The second-order valence-electron chi connectivity index (χ2n) is 10.9. The van der Waals surface area contributed by atoms with Gasteiger partial charge in [-0.05, 0) is 36.8 Å². The van der Waals surface area contributed by atoms with E-state index in [2.05, 4.69) is 16.0 Å².